The van der Waals surface area contributed by atoms with Gasteiger partial charge in [0.05, 0.1) is 5.69 Å². The summed E-state index contributed by atoms with van der Waals surface area (Å²) in [6.45, 7) is 2.15. The summed E-state index contributed by atoms with van der Waals surface area (Å²) in [6.07, 6.45) is 5.24. The van der Waals surface area contributed by atoms with Gasteiger partial charge in [-0.15, -0.1) is 0 Å². The average molecular weight is 242 g/mol. The molecule has 0 fully saturated rings. The second kappa shape index (κ2) is 4.48. The van der Waals surface area contributed by atoms with Gasteiger partial charge in [0.15, 0.2) is 0 Å². The highest BCUT2D eigenvalue weighted by Crippen LogP contribution is 2.39. The van der Waals surface area contributed by atoms with Crippen LogP contribution in [0.5, 0.6) is 0 Å². The number of fused-ring (bicyclic) bond motifs is 1. The molecule has 1 atom stereocenters. The second-order valence-electron chi connectivity index (χ2n) is 5.01. The van der Waals surface area contributed by atoms with E-state index >= 15 is 0 Å². The summed E-state index contributed by atoms with van der Waals surface area (Å²) >= 11 is 0. The summed E-state index contributed by atoms with van der Waals surface area (Å²) in [5.74, 6) is 0.371. The standard InChI is InChI=1S/C15H18N2O/c1-10-6-7-12-11(8-10)4-3-5-13(12)15-14(16-2)9-18-17-15/h6-9,13,16H,3-5H2,1-2H3. The van der Waals surface area contributed by atoms with E-state index in [1.165, 1.54) is 29.5 Å². The Morgan fingerprint density at radius 1 is 1.39 bits per heavy atom. The van der Waals surface area contributed by atoms with Crippen LogP contribution < -0.4 is 5.32 Å². The molecule has 1 aliphatic carbocycles. The Bertz CT molecular complexity index is 559. The van der Waals surface area contributed by atoms with E-state index in [9.17, 15) is 0 Å². The molecule has 0 bridgehead atoms. The monoisotopic (exact) mass is 242 g/mol. The van der Waals surface area contributed by atoms with E-state index in [-0.39, 0.29) is 0 Å². The number of nitrogens with one attached hydrogen (secondary N) is 1. The lowest BCUT2D eigenvalue weighted by Gasteiger charge is -2.25. The van der Waals surface area contributed by atoms with Crippen LogP contribution >= 0.6 is 0 Å². The molecule has 0 saturated heterocycles. The van der Waals surface area contributed by atoms with Crippen LogP contribution in [0.4, 0.5) is 5.69 Å². The van der Waals surface area contributed by atoms with Gasteiger partial charge >= 0.3 is 0 Å². The minimum atomic E-state index is 0.371. The molecule has 3 nitrogen and oxygen atoms in total. The van der Waals surface area contributed by atoms with Gasteiger partial charge in [0, 0.05) is 13.0 Å². The number of aromatic nitrogens is 1. The number of rotatable bonds is 2. The molecule has 18 heavy (non-hydrogen) atoms. The predicted octanol–water partition coefficient (Wildman–Crippen LogP) is 3.49. The van der Waals surface area contributed by atoms with Gasteiger partial charge < -0.3 is 9.84 Å². The zero-order valence-corrected chi connectivity index (χ0v) is 10.9. The molecule has 1 aliphatic rings. The van der Waals surface area contributed by atoms with E-state index in [2.05, 4.69) is 35.6 Å². The molecule has 1 aromatic carbocycles. The highest BCUT2D eigenvalue weighted by molar-refractivity contribution is 5.51. The molecular formula is C15H18N2O. The van der Waals surface area contributed by atoms with Crippen molar-refractivity contribution in [2.45, 2.75) is 32.1 Å². The number of anilines is 1. The van der Waals surface area contributed by atoms with Crippen LogP contribution in [0.25, 0.3) is 0 Å². The van der Waals surface area contributed by atoms with Crippen LogP contribution in [0.1, 0.15) is 41.1 Å². The van der Waals surface area contributed by atoms with Crippen molar-refractivity contribution in [2.24, 2.45) is 0 Å². The normalized spacial score (nSPS) is 18.4. The lowest BCUT2D eigenvalue weighted by molar-refractivity contribution is 0.404. The fraction of sp³-hybridized carbons (Fsp3) is 0.400. The minimum absolute atomic E-state index is 0.371. The van der Waals surface area contributed by atoms with Gasteiger partial charge in [-0.05, 0) is 37.3 Å². The maximum absolute atomic E-state index is 5.12. The van der Waals surface area contributed by atoms with Crippen molar-refractivity contribution in [2.75, 3.05) is 12.4 Å². The number of benzene rings is 1. The zero-order chi connectivity index (χ0) is 12.5. The van der Waals surface area contributed by atoms with Gasteiger partial charge in [0.2, 0.25) is 0 Å². The quantitative estimate of drug-likeness (QED) is 0.876. The first kappa shape index (κ1) is 11.3. The first-order chi connectivity index (χ1) is 8.79. The third kappa shape index (κ3) is 1.80. The van der Waals surface area contributed by atoms with Crippen molar-refractivity contribution < 1.29 is 4.52 Å². The molecule has 3 heteroatoms. The van der Waals surface area contributed by atoms with Gasteiger partial charge in [-0.2, -0.15) is 0 Å². The van der Waals surface area contributed by atoms with E-state index in [4.69, 9.17) is 4.52 Å². The van der Waals surface area contributed by atoms with Crippen LogP contribution in [0, 0.1) is 6.92 Å². The first-order valence-corrected chi connectivity index (χ1v) is 6.51. The molecule has 3 rings (SSSR count). The predicted molar refractivity (Wildman–Crippen MR) is 72.0 cm³/mol. The Kier molecular flexibility index (Phi) is 2.82. The van der Waals surface area contributed by atoms with Crippen molar-refractivity contribution in [3.8, 4) is 0 Å². The smallest absolute Gasteiger partial charge is 0.147 e. The molecule has 1 unspecified atom stereocenters. The SMILES string of the molecule is CNc1conc1C1CCCc2cc(C)ccc21. The van der Waals surface area contributed by atoms with Gasteiger partial charge in [-0.1, -0.05) is 28.9 Å². The Balaban J connectivity index is 2.06. The molecule has 0 radical (unpaired) electrons. The van der Waals surface area contributed by atoms with Crippen molar-refractivity contribution in [3.05, 3.63) is 46.8 Å². The molecule has 0 spiro atoms. The van der Waals surface area contributed by atoms with Gasteiger partial charge in [0.25, 0.3) is 0 Å². The van der Waals surface area contributed by atoms with Crippen LogP contribution in [-0.4, -0.2) is 12.2 Å². The lowest BCUT2D eigenvalue weighted by atomic mass is 9.80. The van der Waals surface area contributed by atoms with E-state index in [1.54, 1.807) is 6.26 Å². The largest absolute Gasteiger partial charge is 0.384 e. The Morgan fingerprint density at radius 2 is 2.28 bits per heavy atom. The van der Waals surface area contributed by atoms with Crippen molar-refractivity contribution in [1.29, 1.82) is 0 Å². The summed E-state index contributed by atoms with van der Waals surface area (Å²) < 4.78 is 5.12. The van der Waals surface area contributed by atoms with Gasteiger partial charge in [-0.3, -0.25) is 0 Å². The molecule has 2 aromatic rings. The number of hydrogen-bond donors (Lipinski definition) is 1. The van der Waals surface area contributed by atoms with Crippen molar-refractivity contribution in [3.63, 3.8) is 0 Å². The van der Waals surface area contributed by atoms with E-state index < -0.39 is 0 Å². The third-order valence-corrected chi connectivity index (χ3v) is 3.81. The van der Waals surface area contributed by atoms with Crippen molar-refractivity contribution >= 4 is 5.69 Å². The summed E-state index contributed by atoms with van der Waals surface area (Å²) in [6, 6.07) is 6.75. The van der Waals surface area contributed by atoms with Crippen LogP contribution in [0.15, 0.2) is 29.0 Å². The maximum Gasteiger partial charge on any atom is 0.147 e. The fourth-order valence-corrected chi connectivity index (χ4v) is 2.91. The second-order valence-corrected chi connectivity index (χ2v) is 5.01. The van der Waals surface area contributed by atoms with Gasteiger partial charge in [0.1, 0.15) is 12.0 Å². The zero-order valence-electron chi connectivity index (χ0n) is 10.9. The molecule has 1 aromatic heterocycles. The van der Waals surface area contributed by atoms with Crippen LogP contribution in [-0.2, 0) is 6.42 Å². The summed E-state index contributed by atoms with van der Waals surface area (Å²) in [4.78, 5) is 0. The Morgan fingerprint density at radius 3 is 3.11 bits per heavy atom. The number of hydrogen-bond acceptors (Lipinski definition) is 3. The molecule has 0 aliphatic heterocycles. The maximum atomic E-state index is 5.12. The fourth-order valence-electron chi connectivity index (χ4n) is 2.91. The highest BCUT2D eigenvalue weighted by atomic mass is 16.5. The first-order valence-electron chi connectivity index (χ1n) is 6.51. The van der Waals surface area contributed by atoms with Crippen LogP contribution in [0.3, 0.4) is 0 Å². The summed E-state index contributed by atoms with van der Waals surface area (Å²) in [7, 11) is 1.91. The molecule has 1 heterocycles. The molecule has 94 valence electrons. The molecule has 0 amide bonds. The van der Waals surface area contributed by atoms with E-state index in [0.29, 0.717) is 5.92 Å². The third-order valence-electron chi connectivity index (χ3n) is 3.81. The minimum Gasteiger partial charge on any atom is -0.384 e. The average Bonchev–Trinajstić information content (AvgIpc) is 2.85. The van der Waals surface area contributed by atoms with Gasteiger partial charge in [-0.25, -0.2) is 0 Å². The topological polar surface area (TPSA) is 38.1 Å². The molecular weight excluding hydrogens is 224 g/mol. The number of aryl methyl sites for hydroxylation is 2. The Hall–Kier alpha value is -1.77. The summed E-state index contributed by atoms with van der Waals surface area (Å²) in [5.41, 5.74) is 6.27. The summed E-state index contributed by atoms with van der Waals surface area (Å²) in [5, 5.41) is 7.35. The molecule has 0 saturated carbocycles. The van der Waals surface area contributed by atoms with E-state index in [1.807, 2.05) is 7.05 Å². The molecule has 1 N–H and O–H groups in total. The van der Waals surface area contributed by atoms with Crippen LogP contribution in [0.2, 0.25) is 0 Å². The van der Waals surface area contributed by atoms with Crippen molar-refractivity contribution in [1.82, 2.24) is 5.16 Å². The lowest BCUT2D eigenvalue weighted by Crippen LogP contribution is -2.12. The number of nitrogens with zero attached hydrogens (tertiary/aromatic N) is 1. The Labute approximate surface area is 107 Å². The highest BCUT2D eigenvalue weighted by Gasteiger charge is 2.26. The van der Waals surface area contributed by atoms with E-state index in [0.717, 1.165) is 17.8 Å².